The average molecular weight is 234 g/mol. The van der Waals surface area contributed by atoms with E-state index in [1.165, 1.54) is 6.07 Å². The molecule has 1 rings (SSSR count). The molecule has 0 saturated carbocycles. The summed E-state index contributed by atoms with van der Waals surface area (Å²) in [6.45, 7) is 3.98. The van der Waals surface area contributed by atoms with Crippen molar-refractivity contribution in [1.82, 2.24) is 5.43 Å². The van der Waals surface area contributed by atoms with Gasteiger partial charge in [-0.25, -0.2) is 5.43 Å². The molecule has 2 N–H and O–H groups in total. The van der Waals surface area contributed by atoms with Crippen molar-refractivity contribution >= 4 is 11.6 Å². The van der Waals surface area contributed by atoms with Crippen LogP contribution >= 0.6 is 0 Å². The van der Waals surface area contributed by atoms with Gasteiger partial charge in [-0.05, 0) is 31.9 Å². The first-order valence-electron chi connectivity index (χ1n) is 5.76. The summed E-state index contributed by atoms with van der Waals surface area (Å²) in [6.07, 6.45) is 3.03. The smallest absolute Gasteiger partial charge is 0.275 e. The van der Waals surface area contributed by atoms with Gasteiger partial charge in [0.05, 0.1) is 5.56 Å². The average Bonchev–Trinajstić information content (AvgIpc) is 2.34. The van der Waals surface area contributed by atoms with E-state index >= 15 is 0 Å². The fourth-order valence-electron chi connectivity index (χ4n) is 1.36. The third-order valence-electron chi connectivity index (χ3n) is 2.39. The first kappa shape index (κ1) is 13.2. The normalized spacial score (nSPS) is 11.3. The molecule has 0 bridgehead atoms. The van der Waals surface area contributed by atoms with Crippen molar-refractivity contribution in [3.05, 3.63) is 29.8 Å². The topological polar surface area (TPSA) is 61.7 Å². The Kier molecular flexibility index (Phi) is 5.20. The Labute approximate surface area is 101 Å². The van der Waals surface area contributed by atoms with Crippen LogP contribution in [0.1, 0.15) is 43.5 Å². The summed E-state index contributed by atoms with van der Waals surface area (Å²) in [7, 11) is 0. The van der Waals surface area contributed by atoms with Gasteiger partial charge in [-0.3, -0.25) is 4.79 Å². The lowest BCUT2D eigenvalue weighted by molar-refractivity contribution is 0.0952. The molecule has 0 spiro atoms. The van der Waals surface area contributed by atoms with E-state index in [2.05, 4.69) is 17.5 Å². The fourth-order valence-corrected chi connectivity index (χ4v) is 1.36. The van der Waals surface area contributed by atoms with Gasteiger partial charge in [0.25, 0.3) is 5.91 Å². The van der Waals surface area contributed by atoms with Gasteiger partial charge in [0.2, 0.25) is 0 Å². The molecule has 4 nitrogen and oxygen atoms in total. The van der Waals surface area contributed by atoms with Crippen LogP contribution in [0.5, 0.6) is 5.75 Å². The minimum atomic E-state index is -0.390. The molecular formula is C13H18N2O2. The molecule has 1 aromatic rings. The molecular weight excluding hydrogens is 216 g/mol. The number of rotatable bonds is 5. The summed E-state index contributed by atoms with van der Waals surface area (Å²) >= 11 is 0. The number of amides is 1. The van der Waals surface area contributed by atoms with E-state index < -0.39 is 0 Å². The van der Waals surface area contributed by atoms with Gasteiger partial charge in [-0.15, -0.1) is 0 Å². The van der Waals surface area contributed by atoms with E-state index in [0.717, 1.165) is 25.0 Å². The monoisotopic (exact) mass is 234 g/mol. The van der Waals surface area contributed by atoms with E-state index in [1.54, 1.807) is 18.2 Å². The van der Waals surface area contributed by atoms with Crippen molar-refractivity contribution in [2.45, 2.75) is 33.1 Å². The number of para-hydroxylation sites is 1. The highest BCUT2D eigenvalue weighted by Crippen LogP contribution is 2.14. The number of aromatic hydroxyl groups is 1. The highest BCUT2D eigenvalue weighted by atomic mass is 16.3. The van der Waals surface area contributed by atoms with Gasteiger partial charge in [0, 0.05) is 5.71 Å². The van der Waals surface area contributed by atoms with Gasteiger partial charge in [-0.2, -0.15) is 5.10 Å². The lowest BCUT2D eigenvalue weighted by Gasteiger charge is -2.03. The Bertz CT molecular complexity index is 414. The number of nitrogens with zero attached hydrogens (tertiary/aromatic N) is 1. The largest absolute Gasteiger partial charge is 0.507 e. The van der Waals surface area contributed by atoms with E-state index in [-0.39, 0.29) is 17.2 Å². The molecule has 4 heteroatoms. The predicted molar refractivity (Wildman–Crippen MR) is 68.2 cm³/mol. The quantitative estimate of drug-likeness (QED) is 0.607. The Morgan fingerprint density at radius 2 is 2.12 bits per heavy atom. The summed E-state index contributed by atoms with van der Waals surface area (Å²) in [4.78, 5) is 11.7. The van der Waals surface area contributed by atoms with Gasteiger partial charge >= 0.3 is 0 Å². The Balaban J connectivity index is 2.58. The predicted octanol–water partition coefficient (Wildman–Crippen LogP) is 2.69. The van der Waals surface area contributed by atoms with Crippen LogP contribution in [-0.2, 0) is 0 Å². The second kappa shape index (κ2) is 6.68. The maximum atomic E-state index is 11.7. The molecule has 0 aliphatic heterocycles. The lowest BCUT2D eigenvalue weighted by atomic mass is 10.2. The number of carbonyl (C=O) groups excluding carboxylic acids is 1. The third kappa shape index (κ3) is 4.26. The molecule has 92 valence electrons. The van der Waals surface area contributed by atoms with Crippen molar-refractivity contribution in [3.8, 4) is 5.75 Å². The van der Waals surface area contributed by atoms with Gasteiger partial charge < -0.3 is 5.11 Å². The fraction of sp³-hybridized carbons (Fsp3) is 0.385. The Morgan fingerprint density at radius 1 is 1.41 bits per heavy atom. The van der Waals surface area contributed by atoms with Crippen LogP contribution in [0, 0.1) is 0 Å². The number of phenolic OH excluding ortho intramolecular Hbond substituents is 1. The maximum Gasteiger partial charge on any atom is 0.275 e. The molecule has 0 aromatic heterocycles. The summed E-state index contributed by atoms with van der Waals surface area (Å²) in [5.41, 5.74) is 3.56. The van der Waals surface area contributed by atoms with Crippen molar-refractivity contribution in [1.29, 1.82) is 0 Å². The van der Waals surface area contributed by atoms with E-state index in [4.69, 9.17) is 0 Å². The maximum absolute atomic E-state index is 11.7. The summed E-state index contributed by atoms with van der Waals surface area (Å²) in [5.74, 6) is -0.426. The summed E-state index contributed by atoms with van der Waals surface area (Å²) in [6, 6.07) is 6.40. The van der Waals surface area contributed by atoms with Gasteiger partial charge in [0.15, 0.2) is 0 Å². The van der Waals surface area contributed by atoms with Crippen LogP contribution in [-0.4, -0.2) is 16.7 Å². The van der Waals surface area contributed by atoms with Gasteiger partial charge in [0.1, 0.15) is 5.75 Å². The second-order valence-electron chi connectivity index (χ2n) is 3.91. The number of unbranched alkanes of at least 4 members (excludes halogenated alkanes) is 1. The molecule has 0 radical (unpaired) electrons. The molecule has 1 aromatic carbocycles. The number of phenols is 1. The number of carbonyl (C=O) groups is 1. The van der Waals surface area contributed by atoms with E-state index in [1.807, 2.05) is 6.92 Å². The minimum absolute atomic E-state index is 0.0357. The number of hydrogen-bond donors (Lipinski definition) is 2. The summed E-state index contributed by atoms with van der Waals surface area (Å²) in [5, 5.41) is 13.5. The van der Waals surface area contributed by atoms with E-state index in [9.17, 15) is 9.90 Å². The number of hydrazone groups is 1. The number of hydrogen-bond acceptors (Lipinski definition) is 3. The molecule has 0 atom stereocenters. The van der Waals surface area contributed by atoms with Crippen LogP contribution in [0.3, 0.4) is 0 Å². The van der Waals surface area contributed by atoms with Crippen LogP contribution in [0.2, 0.25) is 0 Å². The van der Waals surface area contributed by atoms with Crippen molar-refractivity contribution in [2.24, 2.45) is 5.10 Å². The molecule has 17 heavy (non-hydrogen) atoms. The van der Waals surface area contributed by atoms with Crippen LogP contribution in [0.4, 0.5) is 0 Å². The first-order valence-corrected chi connectivity index (χ1v) is 5.76. The van der Waals surface area contributed by atoms with Crippen molar-refractivity contribution in [2.75, 3.05) is 0 Å². The second-order valence-corrected chi connectivity index (χ2v) is 3.91. The molecule has 0 heterocycles. The molecule has 0 unspecified atom stereocenters. The molecule has 0 aliphatic rings. The van der Waals surface area contributed by atoms with Gasteiger partial charge in [-0.1, -0.05) is 25.5 Å². The van der Waals surface area contributed by atoms with Crippen LogP contribution in [0.15, 0.2) is 29.4 Å². The first-order chi connectivity index (χ1) is 8.15. The third-order valence-corrected chi connectivity index (χ3v) is 2.39. The van der Waals surface area contributed by atoms with Crippen LogP contribution in [0.25, 0.3) is 0 Å². The molecule has 0 fully saturated rings. The molecule has 0 aliphatic carbocycles. The highest BCUT2D eigenvalue weighted by Gasteiger charge is 2.08. The summed E-state index contributed by atoms with van der Waals surface area (Å²) < 4.78 is 0. The molecule has 0 saturated heterocycles. The van der Waals surface area contributed by atoms with E-state index in [0.29, 0.717) is 0 Å². The number of nitrogens with one attached hydrogen (secondary N) is 1. The molecule has 1 amide bonds. The zero-order valence-electron chi connectivity index (χ0n) is 10.2. The minimum Gasteiger partial charge on any atom is -0.507 e. The number of benzene rings is 1. The SMILES string of the molecule is CCCC/C(C)=N/NC(=O)c1ccccc1O. The Hall–Kier alpha value is -1.84. The van der Waals surface area contributed by atoms with Crippen molar-refractivity contribution < 1.29 is 9.90 Å². The lowest BCUT2D eigenvalue weighted by Crippen LogP contribution is -2.19. The highest BCUT2D eigenvalue weighted by molar-refractivity contribution is 5.97. The van der Waals surface area contributed by atoms with Crippen molar-refractivity contribution in [3.63, 3.8) is 0 Å². The zero-order chi connectivity index (χ0) is 12.7. The Morgan fingerprint density at radius 3 is 2.76 bits per heavy atom. The standard InChI is InChI=1S/C13H18N2O2/c1-3-4-7-10(2)14-15-13(17)11-8-5-6-9-12(11)16/h5-6,8-9,16H,3-4,7H2,1-2H3,(H,15,17)/b14-10+. The van der Waals surface area contributed by atoms with Crippen LogP contribution < -0.4 is 5.43 Å². The zero-order valence-corrected chi connectivity index (χ0v) is 10.2.